The maximum Gasteiger partial charge on any atom is 0.260 e. The molecule has 0 saturated heterocycles. The van der Waals surface area contributed by atoms with Crippen LogP contribution in [0.5, 0.6) is 0 Å². The molecule has 2 rings (SSSR count). The molecule has 18 heavy (non-hydrogen) atoms. The van der Waals surface area contributed by atoms with Gasteiger partial charge in [0.05, 0.1) is 6.10 Å². The number of sulfonamides is 1. The third-order valence-electron chi connectivity index (χ3n) is 3.24. The number of nitrogens with two attached hydrogens (primary N) is 1. The third kappa shape index (κ3) is 2.41. The summed E-state index contributed by atoms with van der Waals surface area (Å²) in [6, 6.07) is -0.0809. The molecule has 0 aliphatic heterocycles. The van der Waals surface area contributed by atoms with E-state index >= 15 is 0 Å². The first-order chi connectivity index (χ1) is 8.47. The van der Waals surface area contributed by atoms with Crippen LogP contribution in [0.15, 0.2) is 5.03 Å². The number of nitrogens with zero attached hydrogens (tertiary/aromatic N) is 1. The molecule has 1 aliphatic rings. The number of nitrogens with one attached hydrogen (secondary N) is 2. The van der Waals surface area contributed by atoms with E-state index in [1.54, 1.807) is 14.0 Å². The second kappa shape index (κ2) is 4.96. The number of aromatic amines is 1. The molecule has 0 amide bonds. The van der Waals surface area contributed by atoms with Gasteiger partial charge in [-0.05, 0) is 19.8 Å². The lowest BCUT2D eigenvalue weighted by Crippen LogP contribution is -2.47. The number of hydrogen-bond acceptors (Lipinski definition) is 5. The highest BCUT2D eigenvalue weighted by molar-refractivity contribution is 7.89. The molecule has 0 radical (unpaired) electrons. The lowest BCUT2D eigenvalue weighted by molar-refractivity contribution is 0.0236. The standard InChI is InChI=1S/C10H18N4O3S/c1-6-9(5-11)10(13-12-6)18(15,16)14-7-3-8(4-7)17-2/h7-8,14H,3-5,11H2,1-2H3,(H,12,13). The van der Waals surface area contributed by atoms with Crippen molar-refractivity contribution < 1.29 is 13.2 Å². The summed E-state index contributed by atoms with van der Waals surface area (Å²) in [6.07, 6.45) is 1.53. The SMILES string of the molecule is COC1CC(NS(=O)(=O)c2n[nH]c(C)c2CN)C1. The summed E-state index contributed by atoms with van der Waals surface area (Å²) in [5.74, 6) is 0. The fourth-order valence-electron chi connectivity index (χ4n) is 2.02. The van der Waals surface area contributed by atoms with Gasteiger partial charge >= 0.3 is 0 Å². The molecule has 0 unspecified atom stereocenters. The van der Waals surface area contributed by atoms with Crippen LogP contribution in [-0.2, 0) is 21.3 Å². The Morgan fingerprint density at radius 1 is 1.56 bits per heavy atom. The van der Waals surface area contributed by atoms with Gasteiger partial charge in [-0.25, -0.2) is 13.1 Å². The molecule has 0 bridgehead atoms. The number of aromatic nitrogens is 2. The molecule has 1 aromatic rings. The van der Waals surface area contributed by atoms with Crippen LogP contribution >= 0.6 is 0 Å². The van der Waals surface area contributed by atoms with Gasteiger partial charge in [0.1, 0.15) is 0 Å². The van der Waals surface area contributed by atoms with Gasteiger partial charge in [0, 0.05) is 31.0 Å². The van der Waals surface area contributed by atoms with Crippen LogP contribution in [0.25, 0.3) is 0 Å². The molecule has 1 saturated carbocycles. The fourth-order valence-corrected chi connectivity index (χ4v) is 3.49. The smallest absolute Gasteiger partial charge is 0.260 e. The van der Waals surface area contributed by atoms with Crippen molar-refractivity contribution >= 4 is 10.0 Å². The van der Waals surface area contributed by atoms with Crippen molar-refractivity contribution in [1.29, 1.82) is 0 Å². The van der Waals surface area contributed by atoms with Crippen LogP contribution in [0.3, 0.4) is 0 Å². The van der Waals surface area contributed by atoms with Gasteiger partial charge < -0.3 is 10.5 Å². The van der Waals surface area contributed by atoms with Crippen molar-refractivity contribution in [2.45, 2.75) is 43.5 Å². The Labute approximate surface area is 106 Å². The molecule has 1 fully saturated rings. The van der Waals surface area contributed by atoms with Gasteiger partial charge in [0.25, 0.3) is 10.0 Å². The van der Waals surface area contributed by atoms with Crippen molar-refractivity contribution in [2.75, 3.05) is 7.11 Å². The summed E-state index contributed by atoms with van der Waals surface area (Å²) in [7, 11) is -1.98. The summed E-state index contributed by atoms with van der Waals surface area (Å²) in [5, 5.41) is 6.47. The second-order valence-electron chi connectivity index (χ2n) is 4.48. The van der Waals surface area contributed by atoms with Crippen LogP contribution in [-0.4, -0.2) is 37.9 Å². The summed E-state index contributed by atoms with van der Waals surface area (Å²) in [4.78, 5) is 0. The summed E-state index contributed by atoms with van der Waals surface area (Å²) >= 11 is 0. The first kappa shape index (κ1) is 13.5. The van der Waals surface area contributed by atoms with Crippen molar-refractivity contribution in [3.63, 3.8) is 0 Å². The highest BCUT2D eigenvalue weighted by Crippen LogP contribution is 2.25. The Bertz CT molecular complexity index is 519. The normalized spacial score (nSPS) is 23.9. The van der Waals surface area contributed by atoms with E-state index in [4.69, 9.17) is 10.5 Å². The summed E-state index contributed by atoms with van der Waals surface area (Å²) < 4.78 is 32.0. The molecule has 0 spiro atoms. The third-order valence-corrected chi connectivity index (χ3v) is 4.74. The maximum absolute atomic E-state index is 12.1. The number of ether oxygens (including phenoxy) is 1. The topological polar surface area (TPSA) is 110 Å². The minimum atomic E-state index is -3.60. The lowest BCUT2D eigenvalue weighted by Gasteiger charge is -2.34. The van der Waals surface area contributed by atoms with Crippen LogP contribution in [0.2, 0.25) is 0 Å². The predicted molar refractivity (Wildman–Crippen MR) is 65.4 cm³/mol. The molecule has 7 nitrogen and oxygen atoms in total. The number of aryl methyl sites for hydroxylation is 1. The van der Waals surface area contributed by atoms with E-state index in [-0.39, 0.29) is 23.7 Å². The second-order valence-corrected chi connectivity index (χ2v) is 6.11. The minimum absolute atomic E-state index is 0.00312. The van der Waals surface area contributed by atoms with Crippen LogP contribution in [0.4, 0.5) is 0 Å². The Balaban J connectivity index is 2.11. The van der Waals surface area contributed by atoms with E-state index in [0.717, 1.165) is 0 Å². The van der Waals surface area contributed by atoms with Crippen LogP contribution in [0, 0.1) is 6.92 Å². The fraction of sp³-hybridized carbons (Fsp3) is 0.700. The lowest BCUT2D eigenvalue weighted by atomic mass is 9.90. The van der Waals surface area contributed by atoms with E-state index in [1.165, 1.54) is 0 Å². The zero-order valence-corrected chi connectivity index (χ0v) is 11.3. The van der Waals surface area contributed by atoms with Gasteiger partial charge in [-0.2, -0.15) is 5.10 Å². The Kier molecular flexibility index (Phi) is 3.71. The van der Waals surface area contributed by atoms with Gasteiger partial charge in [-0.3, -0.25) is 5.10 Å². The van der Waals surface area contributed by atoms with Gasteiger partial charge in [0.2, 0.25) is 0 Å². The Morgan fingerprint density at radius 3 is 2.78 bits per heavy atom. The van der Waals surface area contributed by atoms with Crippen LogP contribution < -0.4 is 10.5 Å². The maximum atomic E-state index is 12.1. The average Bonchev–Trinajstić information content (AvgIpc) is 2.64. The van der Waals surface area contributed by atoms with Crippen molar-refractivity contribution in [2.24, 2.45) is 5.73 Å². The van der Waals surface area contributed by atoms with E-state index in [9.17, 15) is 8.42 Å². The zero-order chi connectivity index (χ0) is 13.3. The Hall–Kier alpha value is -0.960. The number of H-pyrrole nitrogens is 1. The molecule has 4 N–H and O–H groups in total. The average molecular weight is 274 g/mol. The van der Waals surface area contributed by atoms with Crippen LogP contribution in [0.1, 0.15) is 24.1 Å². The van der Waals surface area contributed by atoms with E-state index in [1.807, 2.05) is 0 Å². The van der Waals surface area contributed by atoms with Gasteiger partial charge in [0.15, 0.2) is 5.03 Å². The molecule has 8 heteroatoms. The monoisotopic (exact) mass is 274 g/mol. The predicted octanol–water partition coefficient (Wildman–Crippen LogP) is -0.367. The zero-order valence-electron chi connectivity index (χ0n) is 10.4. The van der Waals surface area contributed by atoms with E-state index < -0.39 is 10.0 Å². The van der Waals surface area contributed by atoms with Crippen molar-refractivity contribution in [3.05, 3.63) is 11.3 Å². The van der Waals surface area contributed by atoms with Gasteiger partial charge in [-0.15, -0.1) is 0 Å². The molecular weight excluding hydrogens is 256 g/mol. The van der Waals surface area contributed by atoms with E-state index in [2.05, 4.69) is 14.9 Å². The molecule has 1 heterocycles. The van der Waals surface area contributed by atoms with Crippen molar-refractivity contribution in [3.8, 4) is 0 Å². The highest BCUT2D eigenvalue weighted by atomic mass is 32.2. The summed E-state index contributed by atoms with van der Waals surface area (Å²) in [5.41, 5.74) is 6.76. The summed E-state index contributed by atoms with van der Waals surface area (Å²) in [6.45, 7) is 1.89. The minimum Gasteiger partial charge on any atom is -0.381 e. The van der Waals surface area contributed by atoms with E-state index in [0.29, 0.717) is 24.1 Å². The quantitative estimate of drug-likeness (QED) is 0.678. The molecule has 1 aliphatic carbocycles. The first-order valence-electron chi connectivity index (χ1n) is 5.77. The molecule has 102 valence electrons. The molecular formula is C10H18N4O3S. The molecule has 1 aromatic heterocycles. The van der Waals surface area contributed by atoms with Crippen molar-refractivity contribution in [1.82, 2.24) is 14.9 Å². The largest absolute Gasteiger partial charge is 0.381 e. The number of methoxy groups -OCH3 is 1. The molecule has 0 aromatic carbocycles. The number of rotatable bonds is 5. The molecule has 0 atom stereocenters. The number of hydrogen-bond donors (Lipinski definition) is 3. The van der Waals surface area contributed by atoms with Gasteiger partial charge in [-0.1, -0.05) is 0 Å². The highest BCUT2D eigenvalue weighted by Gasteiger charge is 2.34. The first-order valence-corrected chi connectivity index (χ1v) is 7.25. The Morgan fingerprint density at radius 2 is 2.22 bits per heavy atom.